The second-order valence-corrected chi connectivity index (χ2v) is 6.85. The molecule has 0 atom stereocenters. The van der Waals surface area contributed by atoms with Crippen molar-refractivity contribution in [1.29, 1.82) is 0 Å². The summed E-state index contributed by atoms with van der Waals surface area (Å²) < 4.78 is 16.2. The Morgan fingerprint density at radius 3 is 2.52 bits per heavy atom. The van der Waals surface area contributed by atoms with Gasteiger partial charge in [0.25, 0.3) is 0 Å². The molecule has 1 amide bonds. The topological polar surface area (TPSA) is 90.9 Å². The maximum Gasteiger partial charge on any atom is 0.338 e. The largest absolute Gasteiger partial charge is 0.489 e. The monoisotopic (exact) mass is 417 g/mol. The van der Waals surface area contributed by atoms with E-state index in [9.17, 15) is 14.4 Å². The van der Waals surface area contributed by atoms with Crippen LogP contribution < -0.4 is 14.8 Å². The van der Waals surface area contributed by atoms with Gasteiger partial charge in [-0.15, -0.1) is 0 Å². The van der Waals surface area contributed by atoms with E-state index in [1.54, 1.807) is 24.3 Å². The molecule has 3 rings (SSSR count). The van der Waals surface area contributed by atoms with Crippen molar-refractivity contribution in [2.45, 2.75) is 19.9 Å². The first kappa shape index (κ1) is 20.7. The van der Waals surface area contributed by atoms with E-state index in [1.165, 1.54) is 19.1 Å². The number of Topliss-reactive ketones (excluding diaryl/α,β-unsaturated/α-hetero) is 1. The standard InChI is InChI=1S/C21H20ClNO6/c1-13(24)23-11-14-3-5-15(6-4-14)18(25)12-29-21(26)16-9-17(22)20-19(10-16)27-7-2-8-28-20/h3-6,9-10H,2,7-8,11-12H2,1H3,(H,23,24). The maximum atomic E-state index is 12.3. The fraction of sp³-hybridized carbons (Fsp3) is 0.286. The molecule has 1 aliphatic heterocycles. The number of carbonyl (C=O) groups excluding carboxylic acids is 3. The molecule has 0 aromatic heterocycles. The number of halogens is 1. The number of hydrogen-bond acceptors (Lipinski definition) is 6. The number of rotatable bonds is 6. The highest BCUT2D eigenvalue weighted by Crippen LogP contribution is 2.38. The van der Waals surface area contributed by atoms with Gasteiger partial charge < -0.3 is 19.5 Å². The first-order valence-corrected chi connectivity index (χ1v) is 9.44. The lowest BCUT2D eigenvalue weighted by atomic mass is 10.1. The maximum absolute atomic E-state index is 12.3. The van der Waals surface area contributed by atoms with Crippen molar-refractivity contribution in [2.75, 3.05) is 19.8 Å². The van der Waals surface area contributed by atoms with Gasteiger partial charge in [0.1, 0.15) is 0 Å². The van der Waals surface area contributed by atoms with Crippen LogP contribution >= 0.6 is 11.6 Å². The molecule has 0 bridgehead atoms. The fourth-order valence-corrected chi connectivity index (χ4v) is 2.95. The Kier molecular flexibility index (Phi) is 6.72. The molecular formula is C21H20ClNO6. The van der Waals surface area contributed by atoms with Crippen LogP contribution in [-0.4, -0.2) is 37.5 Å². The number of benzene rings is 2. The van der Waals surface area contributed by atoms with Gasteiger partial charge in [0, 0.05) is 25.5 Å². The SMILES string of the molecule is CC(=O)NCc1ccc(C(=O)COC(=O)c2cc(Cl)c3c(c2)OCCCO3)cc1. The van der Waals surface area contributed by atoms with E-state index >= 15 is 0 Å². The summed E-state index contributed by atoms with van der Waals surface area (Å²) >= 11 is 6.18. The van der Waals surface area contributed by atoms with Crippen LogP contribution in [0.5, 0.6) is 11.5 Å². The molecule has 0 fully saturated rings. The minimum atomic E-state index is -0.682. The Labute approximate surface area is 172 Å². The summed E-state index contributed by atoms with van der Waals surface area (Å²) in [6, 6.07) is 9.63. The van der Waals surface area contributed by atoms with Gasteiger partial charge in [0.05, 0.1) is 23.8 Å². The Bertz CT molecular complexity index is 926. The number of ether oxygens (including phenoxy) is 3. The molecule has 0 saturated heterocycles. The molecule has 152 valence electrons. The Morgan fingerprint density at radius 1 is 1.07 bits per heavy atom. The molecular weight excluding hydrogens is 398 g/mol. The van der Waals surface area contributed by atoms with Crippen LogP contribution in [0, 0.1) is 0 Å². The molecule has 1 heterocycles. The zero-order valence-electron chi connectivity index (χ0n) is 15.8. The number of amides is 1. The second kappa shape index (κ2) is 9.43. The van der Waals surface area contributed by atoms with Crippen LogP contribution in [-0.2, 0) is 16.1 Å². The molecule has 1 aliphatic rings. The number of ketones is 1. The van der Waals surface area contributed by atoms with Gasteiger partial charge in [-0.2, -0.15) is 0 Å². The Morgan fingerprint density at radius 2 is 1.79 bits per heavy atom. The highest BCUT2D eigenvalue weighted by molar-refractivity contribution is 6.32. The van der Waals surface area contributed by atoms with Gasteiger partial charge in [-0.1, -0.05) is 35.9 Å². The summed E-state index contributed by atoms with van der Waals surface area (Å²) in [5.74, 6) is -0.380. The van der Waals surface area contributed by atoms with Crippen molar-refractivity contribution >= 4 is 29.3 Å². The predicted octanol–water partition coefficient (Wildman–Crippen LogP) is 3.18. The zero-order chi connectivity index (χ0) is 20.8. The molecule has 7 nitrogen and oxygen atoms in total. The van der Waals surface area contributed by atoms with Gasteiger partial charge in [0.15, 0.2) is 23.9 Å². The summed E-state index contributed by atoms with van der Waals surface area (Å²) in [4.78, 5) is 35.6. The first-order chi connectivity index (χ1) is 13.9. The van der Waals surface area contributed by atoms with E-state index in [1.807, 2.05) is 0 Å². The van der Waals surface area contributed by atoms with Gasteiger partial charge in [-0.3, -0.25) is 9.59 Å². The van der Waals surface area contributed by atoms with E-state index in [-0.39, 0.29) is 22.3 Å². The average molecular weight is 418 g/mol. The quantitative estimate of drug-likeness (QED) is 0.573. The molecule has 0 saturated carbocycles. The first-order valence-electron chi connectivity index (χ1n) is 9.07. The van der Waals surface area contributed by atoms with Crippen molar-refractivity contribution in [3.8, 4) is 11.5 Å². The minimum Gasteiger partial charge on any atom is -0.489 e. The van der Waals surface area contributed by atoms with Crippen molar-refractivity contribution < 1.29 is 28.6 Å². The van der Waals surface area contributed by atoms with Crippen molar-refractivity contribution in [1.82, 2.24) is 5.32 Å². The second-order valence-electron chi connectivity index (χ2n) is 6.44. The van der Waals surface area contributed by atoms with Gasteiger partial charge in [0.2, 0.25) is 5.91 Å². The van der Waals surface area contributed by atoms with Crippen molar-refractivity contribution in [3.05, 3.63) is 58.1 Å². The third-order valence-corrected chi connectivity index (χ3v) is 4.47. The summed E-state index contributed by atoms with van der Waals surface area (Å²) in [6.45, 7) is 2.34. The molecule has 0 radical (unpaired) electrons. The van der Waals surface area contributed by atoms with Crippen molar-refractivity contribution in [2.24, 2.45) is 0 Å². The lowest BCUT2D eigenvalue weighted by Gasteiger charge is -2.11. The van der Waals surface area contributed by atoms with E-state index in [0.717, 1.165) is 5.56 Å². The predicted molar refractivity (Wildman–Crippen MR) is 106 cm³/mol. The van der Waals surface area contributed by atoms with Crippen LogP contribution in [0.15, 0.2) is 36.4 Å². The number of carbonyl (C=O) groups is 3. The van der Waals surface area contributed by atoms with Gasteiger partial charge in [-0.25, -0.2) is 4.79 Å². The third-order valence-electron chi connectivity index (χ3n) is 4.19. The van der Waals surface area contributed by atoms with Gasteiger partial charge >= 0.3 is 5.97 Å². The highest BCUT2D eigenvalue weighted by atomic mass is 35.5. The van der Waals surface area contributed by atoms with E-state index in [2.05, 4.69) is 5.32 Å². The van der Waals surface area contributed by atoms with E-state index in [0.29, 0.717) is 43.2 Å². The number of fused-ring (bicyclic) bond motifs is 1. The number of nitrogens with one attached hydrogen (secondary N) is 1. The van der Waals surface area contributed by atoms with Crippen molar-refractivity contribution in [3.63, 3.8) is 0 Å². The van der Waals surface area contributed by atoms with Crippen LogP contribution in [0.25, 0.3) is 0 Å². The molecule has 0 spiro atoms. The lowest BCUT2D eigenvalue weighted by molar-refractivity contribution is -0.119. The Hall–Kier alpha value is -3.06. The molecule has 2 aromatic rings. The van der Waals surface area contributed by atoms with Crippen LogP contribution in [0.4, 0.5) is 0 Å². The summed E-state index contributed by atoms with van der Waals surface area (Å²) in [6.07, 6.45) is 0.711. The summed E-state index contributed by atoms with van der Waals surface area (Å²) in [5.41, 5.74) is 1.44. The summed E-state index contributed by atoms with van der Waals surface area (Å²) in [7, 11) is 0. The van der Waals surface area contributed by atoms with E-state index in [4.69, 9.17) is 25.8 Å². The molecule has 8 heteroatoms. The smallest absolute Gasteiger partial charge is 0.338 e. The average Bonchev–Trinajstić information content (AvgIpc) is 2.96. The number of hydrogen-bond donors (Lipinski definition) is 1. The minimum absolute atomic E-state index is 0.132. The molecule has 29 heavy (non-hydrogen) atoms. The third kappa shape index (κ3) is 5.48. The molecule has 0 aliphatic carbocycles. The molecule has 1 N–H and O–H groups in total. The van der Waals surface area contributed by atoms with Crippen LogP contribution in [0.3, 0.4) is 0 Å². The Balaban J connectivity index is 1.60. The molecule has 0 unspecified atom stereocenters. The van der Waals surface area contributed by atoms with Crippen LogP contribution in [0.1, 0.15) is 39.6 Å². The summed E-state index contributed by atoms with van der Waals surface area (Å²) in [5, 5.41) is 2.92. The fourth-order valence-electron chi connectivity index (χ4n) is 2.68. The highest BCUT2D eigenvalue weighted by Gasteiger charge is 2.20. The van der Waals surface area contributed by atoms with Crippen LogP contribution in [0.2, 0.25) is 5.02 Å². The lowest BCUT2D eigenvalue weighted by Crippen LogP contribution is -2.19. The molecule has 2 aromatic carbocycles. The zero-order valence-corrected chi connectivity index (χ0v) is 16.6. The van der Waals surface area contributed by atoms with Gasteiger partial charge in [-0.05, 0) is 17.7 Å². The van der Waals surface area contributed by atoms with E-state index < -0.39 is 12.6 Å². The normalized spacial score (nSPS) is 12.6. The number of esters is 1.